The van der Waals surface area contributed by atoms with Gasteiger partial charge in [0.05, 0.1) is 12.7 Å². The molecule has 0 fully saturated rings. The summed E-state index contributed by atoms with van der Waals surface area (Å²) < 4.78 is 5.26. The van der Waals surface area contributed by atoms with Gasteiger partial charge in [0.2, 0.25) is 5.95 Å². The largest absolute Gasteiger partial charge is 0.496 e. The predicted molar refractivity (Wildman–Crippen MR) is 89.6 cm³/mol. The maximum atomic E-state index is 12.2. The van der Waals surface area contributed by atoms with Gasteiger partial charge in [0.1, 0.15) is 5.75 Å². The van der Waals surface area contributed by atoms with Crippen molar-refractivity contribution in [2.75, 3.05) is 12.4 Å². The van der Waals surface area contributed by atoms with Crippen LogP contribution in [0.5, 0.6) is 5.75 Å². The van der Waals surface area contributed by atoms with E-state index >= 15 is 0 Å². The Labute approximate surface area is 136 Å². The molecular weight excluding hydrogens is 292 g/mol. The molecule has 2 aromatic rings. The van der Waals surface area contributed by atoms with Crippen LogP contribution in [0.25, 0.3) is 0 Å². The van der Waals surface area contributed by atoms with Gasteiger partial charge in [-0.3, -0.25) is 4.79 Å². The highest BCUT2D eigenvalue weighted by atomic mass is 16.5. The van der Waals surface area contributed by atoms with Crippen molar-refractivity contribution in [3.63, 3.8) is 0 Å². The van der Waals surface area contributed by atoms with Gasteiger partial charge in [-0.2, -0.15) is 0 Å². The van der Waals surface area contributed by atoms with Gasteiger partial charge in [0.15, 0.2) is 0 Å². The molecule has 0 aliphatic carbocycles. The molecule has 0 aliphatic heterocycles. The van der Waals surface area contributed by atoms with Crippen LogP contribution in [0, 0.1) is 0 Å². The Balaban J connectivity index is 1.95. The van der Waals surface area contributed by atoms with Crippen molar-refractivity contribution in [2.24, 2.45) is 0 Å². The van der Waals surface area contributed by atoms with Crippen molar-refractivity contribution in [1.29, 1.82) is 0 Å². The number of hydrogen-bond donors (Lipinski definition) is 2. The predicted octanol–water partition coefficient (Wildman–Crippen LogP) is 2.63. The van der Waals surface area contributed by atoms with Gasteiger partial charge in [0, 0.05) is 30.5 Å². The van der Waals surface area contributed by atoms with E-state index in [4.69, 9.17) is 4.74 Å². The third-order valence-electron chi connectivity index (χ3n) is 3.53. The van der Waals surface area contributed by atoms with E-state index in [-0.39, 0.29) is 5.91 Å². The van der Waals surface area contributed by atoms with Crippen molar-refractivity contribution in [1.82, 2.24) is 15.3 Å². The molecule has 2 rings (SSSR count). The van der Waals surface area contributed by atoms with Gasteiger partial charge in [-0.15, -0.1) is 0 Å². The first-order valence-electron chi connectivity index (χ1n) is 7.62. The Morgan fingerprint density at radius 1 is 1.26 bits per heavy atom. The van der Waals surface area contributed by atoms with Crippen LogP contribution in [0.3, 0.4) is 0 Å². The molecule has 1 aromatic carbocycles. The fourth-order valence-corrected chi connectivity index (χ4v) is 1.97. The molecule has 23 heavy (non-hydrogen) atoms. The van der Waals surface area contributed by atoms with E-state index in [1.165, 1.54) is 12.4 Å². The van der Waals surface area contributed by atoms with E-state index < -0.39 is 0 Å². The van der Waals surface area contributed by atoms with Crippen LogP contribution in [-0.4, -0.2) is 29.0 Å². The lowest BCUT2D eigenvalue weighted by atomic mass is 10.2. The maximum Gasteiger partial charge on any atom is 0.254 e. The van der Waals surface area contributed by atoms with Gasteiger partial charge < -0.3 is 15.4 Å². The summed E-state index contributed by atoms with van der Waals surface area (Å²) in [6.45, 7) is 4.52. The van der Waals surface area contributed by atoms with Gasteiger partial charge in [-0.25, -0.2) is 9.97 Å². The minimum atomic E-state index is -0.217. The van der Waals surface area contributed by atoms with E-state index in [1.807, 2.05) is 24.3 Å². The van der Waals surface area contributed by atoms with Crippen molar-refractivity contribution in [3.8, 4) is 5.75 Å². The summed E-state index contributed by atoms with van der Waals surface area (Å²) in [4.78, 5) is 20.5. The molecule has 122 valence electrons. The number of nitrogens with one attached hydrogen (secondary N) is 2. The SMILES string of the molecule is CCC(C)Nc1ncc(C(=O)NCc2ccccc2OC)cn1. The van der Waals surface area contributed by atoms with Crippen LogP contribution in [0.1, 0.15) is 36.2 Å². The molecule has 1 heterocycles. The molecule has 1 amide bonds. The zero-order chi connectivity index (χ0) is 16.7. The molecule has 2 N–H and O–H groups in total. The molecular formula is C17H22N4O2. The van der Waals surface area contributed by atoms with Crippen LogP contribution in [0.4, 0.5) is 5.95 Å². The summed E-state index contributed by atoms with van der Waals surface area (Å²) in [6, 6.07) is 7.86. The lowest BCUT2D eigenvalue weighted by molar-refractivity contribution is 0.0950. The van der Waals surface area contributed by atoms with Gasteiger partial charge in [-0.1, -0.05) is 25.1 Å². The second-order valence-corrected chi connectivity index (χ2v) is 5.24. The highest BCUT2D eigenvalue weighted by Gasteiger charge is 2.09. The molecule has 0 saturated carbocycles. The summed E-state index contributed by atoms with van der Waals surface area (Å²) in [5.74, 6) is 1.06. The van der Waals surface area contributed by atoms with Crippen LogP contribution < -0.4 is 15.4 Å². The molecule has 1 atom stereocenters. The number of rotatable bonds is 7. The number of aromatic nitrogens is 2. The first-order chi connectivity index (χ1) is 11.1. The molecule has 0 saturated heterocycles. The van der Waals surface area contributed by atoms with Crippen LogP contribution >= 0.6 is 0 Å². The topological polar surface area (TPSA) is 76.1 Å². The van der Waals surface area contributed by atoms with Gasteiger partial charge in [-0.05, 0) is 19.4 Å². The van der Waals surface area contributed by atoms with Crippen molar-refractivity contribution >= 4 is 11.9 Å². The molecule has 6 heteroatoms. The number of para-hydroxylation sites is 1. The maximum absolute atomic E-state index is 12.2. The molecule has 0 bridgehead atoms. The number of hydrogen-bond acceptors (Lipinski definition) is 5. The minimum Gasteiger partial charge on any atom is -0.496 e. The third kappa shape index (κ3) is 4.67. The second kappa shape index (κ2) is 8.12. The average Bonchev–Trinajstić information content (AvgIpc) is 2.60. The second-order valence-electron chi connectivity index (χ2n) is 5.24. The summed E-state index contributed by atoms with van der Waals surface area (Å²) in [7, 11) is 1.61. The van der Waals surface area contributed by atoms with Gasteiger partial charge in [0.25, 0.3) is 5.91 Å². The quantitative estimate of drug-likeness (QED) is 0.821. The van der Waals surface area contributed by atoms with Gasteiger partial charge >= 0.3 is 0 Å². The standard InChI is InChI=1S/C17H22N4O2/c1-4-12(2)21-17-19-10-14(11-20-17)16(22)18-9-13-7-5-6-8-15(13)23-3/h5-8,10-12H,4,9H2,1-3H3,(H,18,22)(H,19,20,21). The van der Waals surface area contributed by atoms with Crippen LogP contribution in [0.15, 0.2) is 36.7 Å². The van der Waals surface area contributed by atoms with E-state index in [0.29, 0.717) is 24.1 Å². The number of benzene rings is 1. The molecule has 1 unspecified atom stereocenters. The molecule has 0 aliphatic rings. The number of carbonyl (C=O) groups excluding carboxylic acids is 1. The third-order valence-corrected chi connectivity index (χ3v) is 3.53. The van der Waals surface area contributed by atoms with Crippen molar-refractivity contribution in [3.05, 3.63) is 47.8 Å². The summed E-state index contributed by atoms with van der Waals surface area (Å²) in [5, 5.41) is 6.00. The summed E-state index contributed by atoms with van der Waals surface area (Å²) >= 11 is 0. The lowest BCUT2D eigenvalue weighted by Crippen LogP contribution is -2.24. The lowest BCUT2D eigenvalue weighted by Gasteiger charge is -2.11. The number of carbonyl (C=O) groups is 1. The molecule has 1 aromatic heterocycles. The summed E-state index contributed by atoms with van der Waals surface area (Å²) in [6.07, 6.45) is 4.02. The van der Waals surface area contributed by atoms with Crippen molar-refractivity contribution < 1.29 is 9.53 Å². The smallest absolute Gasteiger partial charge is 0.254 e. The van der Waals surface area contributed by atoms with Crippen molar-refractivity contribution in [2.45, 2.75) is 32.9 Å². The highest BCUT2D eigenvalue weighted by molar-refractivity contribution is 5.93. The minimum absolute atomic E-state index is 0.217. The zero-order valence-electron chi connectivity index (χ0n) is 13.7. The van der Waals surface area contributed by atoms with E-state index in [0.717, 1.165) is 17.7 Å². The Kier molecular flexibility index (Phi) is 5.91. The van der Waals surface area contributed by atoms with Crippen LogP contribution in [-0.2, 0) is 6.54 Å². The highest BCUT2D eigenvalue weighted by Crippen LogP contribution is 2.16. The number of amides is 1. The Hall–Kier alpha value is -2.63. The number of nitrogens with zero attached hydrogens (tertiary/aromatic N) is 2. The average molecular weight is 314 g/mol. The molecule has 0 spiro atoms. The Morgan fingerprint density at radius 2 is 1.96 bits per heavy atom. The van der Waals surface area contributed by atoms with E-state index in [1.54, 1.807) is 7.11 Å². The fraction of sp³-hybridized carbons (Fsp3) is 0.353. The van der Waals surface area contributed by atoms with Crippen LogP contribution in [0.2, 0.25) is 0 Å². The number of anilines is 1. The number of methoxy groups -OCH3 is 1. The van der Waals surface area contributed by atoms with E-state index in [2.05, 4.69) is 34.4 Å². The monoisotopic (exact) mass is 314 g/mol. The molecule has 6 nitrogen and oxygen atoms in total. The number of ether oxygens (including phenoxy) is 1. The normalized spacial score (nSPS) is 11.6. The Bertz CT molecular complexity index is 643. The first kappa shape index (κ1) is 16.7. The Morgan fingerprint density at radius 3 is 2.61 bits per heavy atom. The van der Waals surface area contributed by atoms with E-state index in [9.17, 15) is 4.79 Å². The first-order valence-corrected chi connectivity index (χ1v) is 7.62. The fourth-order valence-electron chi connectivity index (χ4n) is 1.97. The summed E-state index contributed by atoms with van der Waals surface area (Å²) in [5.41, 5.74) is 1.34. The molecule has 0 radical (unpaired) electrons. The zero-order valence-corrected chi connectivity index (χ0v) is 13.7.